The number of hydrogen-bond donors (Lipinski definition) is 2. The Morgan fingerprint density at radius 3 is 2.58 bits per heavy atom. The molecule has 2 aromatic rings. The lowest BCUT2D eigenvalue weighted by Gasteiger charge is -2.43. The van der Waals surface area contributed by atoms with Crippen molar-refractivity contribution >= 4 is 25.0 Å². The normalized spacial score (nSPS) is 26.6. The molecule has 2 saturated heterocycles. The van der Waals surface area contributed by atoms with Gasteiger partial charge in [-0.25, -0.2) is 0 Å². The van der Waals surface area contributed by atoms with E-state index in [0.717, 1.165) is 61.0 Å². The van der Waals surface area contributed by atoms with Gasteiger partial charge in [0.1, 0.15) is 30.5 Å². The molecule has 2 aliphatic heterocycles. The average Bonchev–Trinajstić information content (AvgIpc) is 3.59. The van der Waals surface area contributed by atoms with Crippen molar-refractivity contribution in [3.8, 4) is 5.75 Å². The minimum Gasteiger partial charge on any atom is -0.489 e. The zero-order valence-electron chi connectivity index (χ0n) is 25.0. The lowest BCUT2D eigenvalue weighted by Crippen LogP contribution is -2.47. The number of para-hydroxylation sites is 1. The Balaban J connectivity index is 1.29. The third kappa shape index (κ3) is 6.26. The summed E-state index contributed by atoms with van der Waals surface area (Å²) < 4.78 is 18.1. The summed E-state index contributed by atoms with van der Waals surface area (Å²) in [5.41, 5.74) is 3.20. The van der Waals surface area contributed by atoms with Gasteiger partial charge in [-0.15, -0.1) is 0 Å². The van der Waals surface area contributed by atoms with Gasteiger partial charge in [0.05, 0.1) is 17.9 Å². The van der Waals surface area contributed by atoms with Crippen LogP contribution in [-0.4, -0.2) is 52.7 Å². The maximum Gasteiger partial charge on any atom is 0.455 e. The van der Waals surface area contributed by atoms with Gasteiger partial charge < -0.3 is 23.9 Å². The number of aliphatic hydroxyl groups is 1. The van der Waals surface area contributed by atoms with Crippen LogP contribution in [0.2, 0.25) is 6.32 Å². The molecule has 1 aromatic heterocycles. The van der Waals surface area contributed by atoms with E-state index < -0.39 is 25.1 Å². The molecule has 9 heteroatoms. The fourth-order valence-electron chi connectivity index (χ4n) is 7.73. The Bertz CT molecular complexity index is 1360. The Morgan fingerprint density at radius 1 is 1.07 bits per heavy atom. The van der Waals surface area contributed by atoms with Gasteiger partial charge in [-0.3, -0.25) is 14.5 Å². The number of allylic oxidation sites excluding steroid dienone is 1. The standard InChI is InChI=1S/C34H42BNO7/c1-2-22(17-26-14-15-27(20-37)42-26)13-16-30-31-23(21-41-25-11-7-4-8-12-25)18-28-32(29(31)19-35(40)43-30)34(39)36(33(28)38)24-9-5-3-6-10-24/h4,7-8,11-12,14-15,17,24,28-30,32,37,40H,2-3,5-6,9-10,13,16,18-21H2,1H3/b22-17+/t28-,29+,30-,32-/m1/s1. The van der Waals surface area contributed by atoms with Crippen molar-refractivity contribution < 1.29 is 33.5 Å². The minimum absolute atomic E-state index is 0.0161. The number of carbonyl (C=O) groups is 2. The van der Waals surface area contributed by atoms with Gasteiger partial charge in [-0.1, -0.05) is 50.0 Å². The molecule has 0 bridgehead atoms. The molecule has 2 aliphatic carbocycles. The number of amides is 2. The summed E-state index contributed by atoms with van der Waals surface area (Å²) >= 11 is 0. The monoisotopic (exact) mass is 587 g/mol. The Hall–Kier alpha value is -3.14. The molecular weight excluding hydrogens is 545 g/mol. The SMILES string of the molecule is CC/C(=C\c1ccc(CO)o1)CC[C@H]1OB(O)C[C@H]2C1=C(COc1ccccc1)C[C@H]1C(=O)N(C3CCCCC3)C(=O)[C@H]12. The molecule has 6 rings (SSSR count). The zero-order valence-corrected chi connectivity index (χ0v) is 25.0. The van der Waals surface area contributed by atoms with Crippen molar-refractivity contribution in [2.75, 3.05) is 6.61 Å². The van der Waals surface area contributed by atoms with Gasteiger partial charge in [0.25, 0.3) is 0 Å². The van der Waals surface area contributed by atoms with Crippen molar-refractivity contribution in [2.45, 2.75) is 89.8 Å². The lowest BCUT2D eigenvalue weighted by atomic mass is 9.58. The molecule has 3 fully saturated rings. The summed E-state index contributed by atoms with van der Waals surface area (Å²) in [6.45, 7) is 2.26. The second-order valence-corrected chi connectivity index (χ2v) is 12.4. The highest BCUT2D eigenvalue weighted by atomic mass is 16.5. The van der Waals surface area contributed by atoms with Crippen LogP contribution >= 0.6 is 0 Å². The van der Waals surface area contributed by atoms with Crippen molar-refractivity contribution in [2.24, 2.45) is 17.8 Å². The molecule has 0 unspecified atom stereocenters. The lowest BCUT2D eigenvalue weighted by molar-refractivity contribution is -0.143. The van der Waals surface area contributed by atoms with Crippen LogP contribution in [0.4, 0.5) is 0 Å². The second kappa shape index (κ2) is 13.2. The summed E-state index contributed by atoms with van der Waals surface area (Å²) in [7, 11) is -1.01. The fraction of sp³-hybridized carbons (Fsp3) is 0.529. The summed E-state index contributed by atoms with van der Waals surface area (Å²) in [5.74, 6) is 0.695. The molecule has 228 valence electrons. The highest BCUT2D eigenvalue weighted by Gasteiger charge is 2.58. The Labute approximate surface area is 253 Å². The van der Waals surface area contributed by atoms with Crippen molar-refractivity contribution in [3.05, 3.63) is 70.7 Å². The largest absolute Gasteiger partial charge is 0.489 e. The predicted octanol–water partition coefficient (Wildman–Crippen LogP) is 5.55. The number of rotatable bonds is 10. The summed E-state index contributed by atoms with van der Waals surface area (Å²) in [6, 6.07) is 13.2. The first-order valence-electron chi connectivity index (χ1n) is 16.0. The molecule has 0 radical (unpaired) electrons. The number of ether oxygens (including phenoxy) is 1. The molecule has 2 amide bonds. The van der Waals surface area contributed by atoms with Crippen LogP contribution in [0.3, 0.4) is 0 Å². The van der Waals surface area contributed by atoms with E-state index in [9.17, 15) is 19.7 Å². The number of carbonyl (C=O) groups excluding carboxylic acids is 2. The van der Waals surface area contributed by atoms with E-state index >= 15 is 0 Å². The minimum atomic E-state index is -1.01. The molecule has 1 saturated carbocycles. The quantitative estimate of drug-likeness (QED) is 0.213. The van der Waals surface area contributed by atoms with Crippen LogP contribution in [0.15, 0.2) is 63.6 Å². The number of hydrogen-bond acceptors (Lipinski definition) is 7. The smallest absolute Gasteiger partial charge is 0.455 e. The molecule has 2 N–H and O–H groups in total. The Kier molecular flexibility index (Phi) is 9.21. The topological polar surface area (TPSA) is 109 Å². The van der Waals surface area contributed by atoms with Crippen LogP contribution in [0.25, 0.3) is 6.08 Å². The molecular formula is C34H42BNO7. The molecule has 0 spiro atoms. The van der Waals surface area contributed by atoms with Gasteiger partial charge in [0, 0.05) is 6.04 Å². The molecule has 3 heterocycles. The van der Waals surface area contributed by atoms with E-state index in [4.69, 9.17) is 13.8 Å². The van der Waals surface area contributed by atoms with Gasteiger partial charge in [-0.2, -0.15) is 0 Å². The van der Waals surface area contributed by atoms with Crippen LogP contribution in [0.1, 0.15) is 76.2 Å². The summed E-state index contributed by atoms with van der Waals surface area (Å²) in [6.07, 6.45) is 9.51. The van der Waals surface area contributed by atoms with Gasteiger partial charge in [0.2, 0.25) is 11.8 Å². The van der Waals surface area contributed by atoms with Crippen LogP contribution < -0.4 is 4.74 Å². The predicted molar refractivity (Wildman–Crippen MR) is 163 cm³/mol. The van der Waals surface area contributed by atoms with Gasteiger partial charge in [0.15, 0.2) is 0 Å². The first-order chi connectivity index (χ1) is 21.0. The third-order valence-electron chi connectivity index (χ3n) is 9.80. The second-order valence-electron chi connectivity index (χ2n) is 12.4. The molecule has 43 heavy (non-hydrogen) atoms. The number of benzene rings is 1. The van der Waals surface area contributed by atoms with Crippen molar-refractivity contribution in [1.29, 1.82) is 0 Å². The van der Waals surface area contributed by atoms with E-state index in [-0.39, 0.29) is 30.4 Å². The fourth-order valence-corrected chi connectivity index (χ4v) is 7.73. The number of likely N-dealkylation sites (tertiary alicyclic amines) is 1. The van der Waals surface area contributed by atoms with Crippen LogP contribution in [0, 0.1) is 17.8 Å². The summed E-state index contributed by atoms with van der Waals surface area (Å²) in [4.78, 5) is 29.5. The number of aliphatic hydroxyl groups excluding tert-OH is 1. The summed E-state index contributed by atoms with van der Waals surface area (Å²) in [5, 5.41) is 20.3. The first-order valence-corrected chi connectivity index (χ1v) is 16.0. The zero-order chi connectivity index (χ0) is 29.9. The highest BCUT2D eigenvalue weighted by Crippen LogP contribution is 2.51. The number of imide groups is 1. The van der Waals surface area contributed by atoms with E-state index in [0.29, 0.717) is 43.7 Å². The van der Waals surface area contributed by atoms with Crippen molar-refractivity contribution in [1.82, 2.24) is 4.90 Å². The van der Waals surface area contributed by atoms with Crippen LogP contribution in [0.5, 0.6) is 5.75 Å². The van der Waals surface area contributed by atoms with Crippen molar-refractivity contribution in [3.63, 3.8) is 0 Å². The number of nitrogens with zero attached hydrogens (tertiary/aromatic N) is 1. The van der Waals surface area contributed by atoms with E-state index in [2.05, 4.69) is 6.92 Å². The number of fused-ring (bicyclic) bond motifs is 3. The molecule has 8 nitrogen and oxygen atoms in total. The third-order valence-corrected chi connectivity index (χ3v) is 9.80. The number of furan rings is 1. The maximum atomic E-state index is 14.0. The van der Waals surface area contributed by atoms with Gasteiger partial charge >= 0.3 is 7.12 Å². The van der Waals surface area contributed by atoms with Crippen LogP contribution in [-0.2, 0) is 20.9 Å². The molecule has 1 aromatic carbocycles. The maximum absolute atomic E-state index is 14.0. The first kappa shape index (κ1) is 29.9. The van der Waals surface area contributed by atoms with E-state index in [1.165, 1.54) is 0 Å². The molecule has 4 atom stereocenters. The van der Waals surface area contributed by atoms with E-state index in [1.54, 1.807) is 11.0 Å². The van der Waals surface area contributed by atoms with E-state index in [1.807, 2.05) is 42.5 Å². The van der Waals surface area contributed by atoms with Gasteiger partial charge in [-0.05, 0) is 92.3 Å². The highest BCUT2D eigenvalue weighted by molar-refractivity contribution is 6.43. The Morgan fingerprint density at radius 2 is 1.86 bits per heavy atom. The molecule has 4 aliphatic rings. The average molecular weight is 588 g/mol.